The van der Waals surface area contributed by atoms with Gasteiger partial charge in [-0.25, -0.2) is 0 Å². The first-order valence-electron chi connectivity index (χ1n) is 10.1. The largest absolute Gasteiger partial charge is 0.339 e. The Morgan fingerprint density at radius 2 is 1.96 bits per heavy atom. The van der Waals surface area contributed by atoms with Crippen LogP contribution >= 0.6 is 0 Å². The quantitative estimate of drug-likeness (QED) is 0.844. The minimum atomic E-state index is 0.381. The van der Waals surface area contributed by atoms with Gasteiger partial charge in [0.05, 0.1) is 5.69 Å². The molecule has 3 aliphatic rings. The number of pyridine rings is 1. The van der Waals surface area contributed by atoms with E-state index in [1.54, 1.807) is 0 Å². The van der Waals surface area contributed by atoms with Gasteiger partial charge in [-0.15, -0.1) is 0 Å². The molecule has 3 heterocycles. The molecule has 4 nitrogen and oxygen atoms in total. The second-order valence-electron chi connectivity index (χ2n) is 8.50. The number of aromatic nitrogens is 1. The Hall–Kier alpha value is -1.42. The van der Waals surface area contributed by atoms with Crippen LogP contribution in [0.5, 0.6) is 0 Å². The number of nitrogens with zero attached hydrogens (tertiary/aromatic N) is 3. The van der Waals surface area contributed by atoms with Gasteiger partial charge in [-0.1, -0.05) is 18.9 Å². The normalized spacial score (nSPS) is 25.0. The zero-order valence-electron chi connectivity index (χ0n) is 15.5. The average molecular weight is 341 g/mol. The van der Waals surface area contributed by atoms with Crippen LogP contribution in [0.3, 0.4) is 0 Å². The molecule has 0 unspecified atom stereocenters. The van der Waals surface area contributed by atoms with Crippen LogP contribution in [0.4, 0.5) is 0 Å². The van der Waals surface area contributed by atoms with Crippen LogP contribution in [0.15, 0.2) is 18.3 Å². The molecule has 1 aliphatic carbocycles. The fraction of sp³-hybridized carbons (Fsp3) is 0.714. The molecule has 2 saturated heterocycles. The lowest BCUT2D eigenvalue weighted by atomic mass is 9.72. The van der Waals surface area contributed by atoms with Gasteiger partial charge in [0.1, 0.15) is 0 Å². The molecule has 0 bridgehead atoms. The van der Waals surface area contributed by atoms with Gasteiger partial charge in [0.2, 0.25) is 5.91 Å². The predicted molar refractivity (Wildman–Crippen MR) is 99.1 cm³/mol. The maximum absolute atomic E-state index is 12.5. The molecule has 1 amide bonds. The molecule has 1 spiro atoms. The van der Waals surface area contributed by atoms with Crippen LogP contribution in [0, 0.1) is 12.3 Å². The van der Waals surface area contributed by atoms with Gasteiger partial charge in [-0.05, 0) is 69.2 Å². The van der Waals surface area contributed by atoms with Crippen LogP contribution in [-0.4, -0.2) is 46.4 Å². The molecule has 1 aromatic heterocycles. The molecule has 1 saturated carbocycles. The molecule has 4 rings (SSSR count). The highest BCUT2D eigenvalue weighted by Crippen LogP contribution is 2.42. The first kappa shape index (κ1) is 17.0. The highest BCUT2D eigenvalue weighted by atomic mass is 16.2. The van der Waals surface area contributed by atoms with Crippen LogP contribution < -0.4 is 0 Å². The fourth-order valence-corrected chi connectivity index (χ4v) is 5.08. The summed E-state index contributed by atoms with van der Waals surface area (Å²) in [7, 11) is 0. The summed E-state index contributed by atoms with van der Waals surface area (Å²) in [4.78, 5) is 21.8. The van der Waals surface area contributed by atoms with Gasteiger partial charge in [0, 0.05) is 31.7 Å². The minimum absolute atomic E-state index is 0.381. The monoisotopic (exact) mass is 341 g/mol. The highest BCUT2D eigenvalue weighted by molar-refractivity contribution is 5.77. The van der Waals surface area contributed by atoms with Crippen LogP contribution in [-0.2, 0) is 11.3 Å². The predicted octanol–water partition coefficient (Wildman–Crippen LogP) is 3.54. The summed E-state index contributed by atoms with van der Waals surface area (Å²) in [5.41, 5.74) is 2.88. The molecular formula is C21H31N3O. The molecule has 2 aliphatic heterocycles. The molecule has 0 N–H and O–H groups in total. The molecule has 1 aromatic rings. The van der Waals surface area contributed by atoms with E-state index < -0.39 is 0 Å². The number of likely N-dealkylation sites (tertiary alicyclic amines) is 2. The van der Waals surface area contributed by atoms with E-state index in [0.29, 0.717) is 17.4 Å². The van der Waals surface area contributed by atoms with Crippen molar-refractivity contribution in [3.05, 3.63) is 29.6 Å². The number of hydrogen-bond donors (Lipinski definition) is 0. The third-order valence-corrected chi connectivity index (χ3v) is 6.87. The van der Waals surface area contributed by atoms with E-state index in [0.717, 1.165) is 39.0 Å². The van der Waals surface area contributed by atoms with E-state index in [1.807, 2.05) is 12.3 Å². The molecule has 0 aromatic carbocycles. The Labute approximate surface area is 151 Å². The Morgan fingerprint density at radius 1 is 1.20 bits per heavy atom. The lowest BCUT2D eigenvalue weighted by molar-refractivity contribution is -0.142. The van der Waals surface area contributed by atoms with Crippen molar-refractivity contribution >= 4 is 5.91 Å². The number of carbonyl (C=O) groups excluding carboxylic acids is 1. The smallest absolute Gasteiger partial charge is 0.222 e. The summed E-state index contributed by atoms with van der Waals surface area (Å²) < 4.78 is 0. The SMILES string of the molecule is Cc1cccnc1CN1CCC2(CCC(=O)N(C3CCCC3)C2)CC1. The lowest BCUT2D eigenvalue weighted by Gasteiger charge is -2.49. The van der Waals surface area contributed by atoms with E-state index in [-0.39, 0.29) is 0 Å². The second-order valence-corrected chi connectivity index (χ2v) is 8.50. The van der Waals surface area contributed by atoms with Crippen LogP contribution in [0.25, 0.3) is 0 Å². The van der Waals surface area contributed by atoms with Crippen molar-refractivity contribution in [3.63, 3.8) is 0 Å². The van der Waals surface area contributed by atoms with Gasteiger partial charge in [0.15, 0.2) is 0 Å². The Bertz CT molecular complexity index is 615. The first-order chi connectivity index (χ1) is 12.2. The van der Waals surface area contributed by atoms with Gasteiger partial charge in [-0.3, -0.25) is 14.7 Å². The van der Waals surface area contributed by atoms with E-state index >= 15 is 0 Å². The average Bonchev–Trinajstić information content (AvgIpc) is 3.16. The van der Waals surface area contributed by atoms with Gasteiger partial charge >= 0.3 is 0 Å². The molecule has 0 atom stereocenters. The number of aryl methyl sites for hydroxylation is 1. The minimum Gasteiger partial charge on any atom is -0.339 e. The number of rotatable bonds is 3. The second kappa shape index (κ2) is 7.06. The van der Waals surface area contributed by atoms with Crippen molar-refractivity contribution in [1.82, 2.24) is 14.8 Å². The highest BCUT2D eigenvalue weighted by Gasteiger charge is 2.43. The third-order valence-electron chi connectivity index (χ3n) is 6.87. The third kappa shape index (κ3) is 3.59. The maximum Gasteiger partial charge on any atom is 0.222 e. The molecule has 0 radical (unpaired) electrons. The summed E-state index contributed by atoms with van der Waals surface area (Å²) in [6.45, 7) is 6.42. The number of piperidine rings is 2. The molecular weight excluding hydrogens is 310 g/mol. The van der Waals surface area contributed by atoms with Crippen molar-refractivity contribution in [2.75, 3.05) is 19.6 Å². The zero-order chi connectivity index (χ0) is 17.3. The van der Waals surface area contributed by atoms with Gasteiger partial charge in [0.25, 0.3) is 0 Å². The summed E-state index contributed by atoms with van der Waals surface area (Å²) in [6, 6.07) is 4.71. The topological polar surface area (TPSA) is 36.4 Å². The van der Waals surface area contributed by atoms with Crippen molar-refractivity contribution < 1.29 is 4.79 Å². The van der Waals surface area contributed by atoms with Crippen LogP contribution in [0.1, 0.15) is 62.6 Å². The number of hydrogen-bond acceptors (Lipinski definition) is 3. The van der Waals surface area contributed by atoms with E-state index in [1.165, 1.54) is 49.8 Å². The van der Waals surface area contributed by atoms with Crippen molar-refractivity contribution in [3.8, 4) is 0 Å². The standard InChI is InChI=1S/C21H31N3O/c1-17-5-4-12-22-19(17)15-23-13-10-21(11-14-23)9-8-20(25)24(16-21)18-6-2-3-7-18/h4-5,12,18H,2-3,6-11,13-16H2,1H3. The lowest BCUT2D eigenvalue weighted by Crippen LogP contribution is -2.53. The fourth-order valence-electron chi connectivity index (χ4n) is 5.08. The van der Waals surface area contributed by atoms with Crippen molar-refractivity contribution in [2.45, 2.75) is 70.9 Å². The maximum atomic E-state index is 12.5. The summed E-state index contributed by atoms with van der Waals surface area (Å²) in [5.74, 6) is 0.420. The number of amides is 1. The Morgan fingerprint density at radius 3 is 2.68 bits per heavy atom. The Balaban J connectivity index is 1.37. The molecule has 3 fully saturated rings. The summed E-state index contributed by atoms with van der Waals surface area (Å²) in [6.07, 6.45) is 11.3. The van der Waals surface area contributed by atoms with Crippen molar-refractivity contribution in [1.29, 1.82) is 0 Å². The van der Waals surface area contributed by atoms with E-state index in [9.17, 15) is 4.79 Å². The zero-order valence-corrected chi connectivity index (χ0v) is 15.5. The molecule has 25 heavy (non-hydrogen) atoms. The van der Waals surface area contributed by atoms with Crippen molar-refractivity contribution in [2.24, 2.45) is 5.41 Å². The first-order valence-corrected chi connectivity index (χ1v) is 10.1. The van der Waals surface area contributed by atoms with Gasteiger partial charge in [-0.2, -0.15) is 0 Å². The molecule has 136 valence electrons. The molecule has 4 heteroatoms. The van der Waals surface area contributed by atoms with Gasteiger partial charge < -0.3 is 4.90 Å². The number of carbonyl (C=O) groups is 1. The van der Waals surface area contributed by atoms with Crippen LogP contribution in [0.2, 0.25) is 0 Å². The van der Waals surface area contributed by atoms with E-state index in [4.69, 9.17) is 0 Å². The van der Waals surface area contributed by atoms with E-state index in [2.05, 4.69) is 27.8 Å². The Kier molecular flexibility index (Phi) is 4.81. The summed E-state index contributed by atoms with van der Waals surface area (Å²) in [5, 5.41) is 0. The summed E-state index contributed by atoms with van der Waals surface area (Å²) >= 11 is 0.